The lowest BCUT2D eigenvalue weighted by Gasteiger charge is -2.31. The summed E-state index contributed by atoms with van der Waals surface area (Å²) in [5.41, 5.74) is 1.63. The van der Waals surface area contributed by atoms with Crippen molar-refractivity contribution in [3.63, 3.8) is 0 Å². The Labute approximate surface area is 186 Å². The first-order valence-corrected chi connectivity index (χ1v) is 12.3. The minimum absolute atomic E-state index is 0.0245. The van der Waals surface area contributed by atoms with E-state index < -0.39 is 10.0 Å². The average molecular weight is 495 g/mol. The number of amides is 1. The molecule has 3 N–H and O–H groups in total. The maximum Gasteiger partial charge on any atom is 0.261 e. The van der Waals surface area contributed by atoms with Crippen molar-refractivity contribution in [3.05, 3.63) is 52.5 Å². The van der Waals surface area contributed by atoms with Crippen molar-refractivity contribution in [1.82, 2.24) is 10.6 Å². The van der Waals surface area contributed by atoms with Crippen molar-refractivity contribution in [3.8, 4) is 0 Å². The molecule has 1 atom stereocenters. The third kappa shape index (κ3) is 5.53. The molecule has 0 bridgehead atoms. The fourth-order valence-electron chi connectivity index (χ4n) is 3.19. The minimum Gasteiger partial charge on any atom is -0.368 e. The van der Waals surface area contributed by atoms with Gasteiger partial charge in [0, 0.05) is 48.1 Å². The maximum atomic E-state index is 13.0. The Morgan fingerprint density at radius 2 is 1.83 bits per heavy atom. The number of hydrogen-bond acceptors (Lipinski definition) is 5. The number of nitrogens with one attached hydrogen (secondary N) is 3. The van der Waals surface area contributed by atoms with Crippen molar-refractivity contribution < 1.29 is 13.2 Å². The molecular weight excluding hydrogens is 468 g/mol. The molecule has 1 aliphatic heterocycles. The Morgan fingerprint density at radius 1 is 1.17 bits per heavy atom. The van der Waals surface area contributed by atoms with Gasteiger partial charge in [0.1, 0.15) is 0 Å². The van der Waals surface area contributed by atoms with Crippen molar-refractivity contribution in [2.75, 3.05) is 35.8 Å². The highest BCUT2D eigenvalue weighted by Crippen LogP contribution is 2.27. The smallest absolute Gasteiger partial charge is 0.261 e. The zero-order valence-electron chi connectivity index (χ0n) is 17.1. The fraction of sp³-hybridized carbons (Fsp3) is 0.381. The third-order valence-electron chi connectivity index (χ3n) is 5.06. The second kappa shape index (κ2) is 9.80. The molecule has 1 aliphatic rings. The molecule has 2 aromatic carbocycles. The lowest BCUT2D eigenvalue weighted by molar-refractivity contribution is 0.0939. The van der Waals surface area contributed by atoms with Crippen molar-refractivity contribution in [1.29, 1.82) is 0 Å². The van der Waals surface area contributed by atoms with Crippen LogP contribution >= 0.6 is 15.9 Å². The Balaban J connectivity index is 1.92. The minimum atomic E-state index is -3.76. The second-order valence-corrected chi connectivity index (χ2v) is 9.91. The van der Waals surface area contributed by atoms with E-state index in [1.165, 1.54) is 12.1 Å². The molecule has 1 fully saturated rings. The monoisotopic (exact) mass is 494 g/mol. The Bertz CT molecular complexity index is 990. The summed E-state index contributed by atoms with van der Waals surface area (Å²) in [6.07, 6.45) is 0.810. The van der Waals surface area contributed by atoms with E-state index in [9.17, 15) is 13.2 Å². The standard InChI is InChI=1S/C21H27BrN4O3S/c1-3-15(2)24-21(27)19-14-17(6-9-20(19)26-12-10-23-11-13-26)25-30(28,29)18-7-4-16(22)5-8-18/h4-9,14-15,23,25H,3,10-13H2,1-2H3,(H,24,27). The van der Waals surface area contributed by atoms with E-state index >= 15 is 0 Å². The predicted octanol–water partition coefficient (Wildman–Crippen LogP) is 3.19. The van der Waals surface area contributed by atoms with Crippen LogP contribution < -0.4 is 20.3 Å². The number of piperazine rings is 1. The van der Waals surface area contributed by atoms with Crippen LogP contribution in [-0.2, 0) is 10.0 Å². The van der Waals surface area contributed by atoms with Gasteiger partial charge in [-0.1, -0.05) is 22.9 Å². The normalized spacial score (nSPS) is 15.5. The highest BCUT2D eigenvalue weighted by molar-refractivity contribution is 9.10. The third-order valence-corrected chi connectivity index (χ3v) is 6.99. The van der Waals surface area contributed by atoms with Gasteiger partial charge >= 0.3 is 0 Å². The zero-order chi connectivity index (χ0) is 21.7. The van der Waals surface area contributed by atoms with Crippen LogP contribution in [0, 0.1) is 0 Å². The van der Waals surface area contributed by atoms with E-state index in [0.717, 1.165) is 42.8 Å². The molecule has 1 heterocycles. The molecular formula is C21H27BrN4O3S. The lowest BCUT2D eigenvalue weighted by atomic mass is 10.1. The van der Waals surface area contributed by atoms with Gasteiger partial charge in [-0.2, -0.15) is 0 Å². The summed E-state index contributed by atoms with van der Waals surface area (Å²) < 4.78 is 28.9. The second-order valence-electron chi connectivity index (χ2n) is 7.31. The number of halogens is 1. The molecule has 7 nitrogen and oxygen atoms in total. The number of anilines is 2. The average Bonchev–Trinajstić information content (AvgIpc) is 2.74. The van der Waals surface area contributed by atoms with Gasteiger partial charge in [0.2, 0.25) is 0 Å². The molecule has 0 saturated carbocycles. The van der Waals surface area contributed by atoms with Crippen LogP contribution in [0.1, 0.15) is 30.6 Å². The lowest BCUT2D eigenvalue weighted by Crippen LogP contribution is -2.44. The largest absolute Gasteiger partial charge is 0.368 e. The number of sulfonamides is 1. The Morgan fingerprint density at radius 3 is 2.47 bits per heavy atom. The summed E-state index contributed by atoms with van der Waals surface area (Å²) in [6.45, 7) is 7.20. The van der Waals surface area contributed by atoms with Gasteiger partial charge in [0.05, 0.1) is 10.5 Å². The van der Waals surface area contributed by atoms with Crippen LogP contribution in [0.5, 0.6) is 0 Å². The molecule has 3 rings (SSSR count). The number of carbonyl (C=O) groups is 1. The van der Waals surface area contributed by atoms with E-state index in [-0.39, 0.29) is 16.8 Å². The summed E-state index contributed by atoms with van der Waals surface area (Å²) in [5, 5.41) is 6.29. The summed E-state index contributed by atoms with van der Waals surface area (Å²) in [6, 6.07) is 11.6. The topological polar surface area (TPSA) is 90.5 Å². The van der Waals surface area contributed by atoms with Crippen molar-refractivity contribution in [2.24, 2.45) is 0 Å². The van der Waals surface area contributed by atoms with Gasteiger partial charge in [-0.25, -0.2) is 8.42 Å². The molecule has 0 aliphatic carbocycles. The summed E-state index contributed by atoms with van der Waals surface area (Å²) in [4.78, 5) is 15.3. The number of benzene rings is 2. The number of carbonyl (C=O) groups excluding carboxylic acids is 1. The highest BCUT2D eigenvalue weighted by Gasteiger charge is 2.21. The van der Waals surface area contributed by atoms with Crippen LogP contribution in [-0.4, -0.2) is 46.5 Å². The molecule has 1 saturated heterocycles. The van der Waals surface area contributed by atoms with Crippen LogP contribution in [0.3, 0.4) is 0 Å². The van der Waals surface area contributed by atoms with E-state index in [4.69, 9.17) is 0 Å². The molecule has 30 heavy (non-hydrogen) atoms. The highest BCUT2D eigenvalue weighted by atomic mass is 79.9. The van der Waals surface area contributed by atoms with Gasteiger partial charge in [-0.15, -0.1) is 0 Å². The maximum absolute atomic E-state index is 13.0. The Kier molecular flexibility index (Phi) is 7.38. The molecule has 162 valence electrons. The van der Waals surface area contributed by atoms with Gasteiger partial charge < -0.3 is 15.5 Å². The molecule has 0 radical (unpaired) electrons. The first-order valence-electron chi connectivity index (χ1n) is 9.99. The van der Waals surface area contributed by atoms with Gasteiger partial charge in [-0.05, 0) is 55.8 Å². The zero-order valence-corrected chi connectivity index (χ0v) is 19.5. The molecule has 2 aromatic rings. The van der Waals surface area contributed by atoms with Gasteiger partial charge in [-0.3, -0.25) is 9.52 Å². The van der Waals surface area contributed by atoms with E-state index in [1.807, 2.05) is 19.9 Å². The van der Waals surface area contributed by atoms with Crippen LogP contribution in [0.15, 0.2) is 51.8 Å². The van der Waals surface area contributed by atoms with Crippen LogP contribution in [0.25, 0.3) is 0 Å². The van der Waals surface area contributed by atoms with Crippen molar-refractivity contribution in [2.45, 2.75) is 31.2 Å². The van der Waals surface area contributed by atoms with E-state index in [0.29, 0.717) is 11.3 Å². The number of hydrogen-bond donors (Lipinski definition) is 3. The predicted molar refractivity (Wildman–Crippen MR) is 124 cm³/mol. The first kappa shape index (κ1) is 22.6. The molecule has 0 aromatic heterocycles. The quantitative estimate of drug-likeness (QED) is 0.549. The van der Waals surface area contributed by atoms with Crippen molar-refractivity contribution >= 4 is 43.2 Å². The fourth-order valence-corrected chi connectivity index (χ4v) is 4.51. The molecule has 9 heteroatoms. The summed E-state index contributed by atoms with van der Waals surface area (Å²) in [7, 11) is -3.76. The molecule has 0 spiro atoms. The molecule has 1 amide bonds. The summed E-state index contributed by atoms with van der Waals surface area (Å²) in [5.74, 6) is -0.206. The number of rotatable bonds is 7. The number of nitrogens with zero attached hydrogens (tertiary/aromatic N) is 1. The van der Waals surface area contributed by atoms with Crippen LogP contribution in [0.4, 0.5) is 11.4 Å². The summed E-state index contributed by atoms with van der Waals surface area (Å²) >= 11 is 3.31. The van der Waals surface area contributed by atoms with E-state index in [1.54, 1.807) is 24.3 Å². The van der Waals surface area contributed by atoms with E-state index in [2.05, 4.69) is 36.2 Å². The SMILES string of the molecule is CCC(C)NC(=O)c1cc(NS(=O)(=O)c2ccc(Br)cc2)ccc1N1CCNCC1. The van der Waals surface area contributed by atoms with Gasteiger partial charge in [0.25, 0.3) is 15.9 Å². The first-order chi connectivity index (χ1) is 14.3. The molecule has 1 unspecified atom stereocenters. The van der Waals surface area contributed by atoms with Crippen LogP contribution in [0.2, 0.25) is 0 Å². The Hall–Kier alpha value is -2.10. The van der Waals surface area contributed by atoms with Gasteiger partial charge in [0.15, 0.2) is 0 Å².